The summed E-state index contributed by atoms with van der Waals surface area (Å²) in [6.07, 6.45) is 3.40. The molecule has 1 aromatic heterocycles. The molecule has 17 heavy (non-hydrogen) atoms. The topological polar surface area (TPSA) is 56.7 Å². The molecular weight excluding hydrogens is 219 g/mol. The van der Waals surface area contributed by atoms with E-state index in [2.05, 4.69) is 10.3 Å². The third-order valence-corrected chi connectivity index (χ3v) is 3.31. The normalized spacial score (nSPS) is 15.8. The number of rotatable bonds is 2. The van der Waals surface area contributed by atoms with Crippen LogP contribution in [0.5, 0.6) is 0 Å². The molecule has 4 nitrogen and oxygen atoms in total. The Labute approximate surface area is 98.2 Å². The van der Waals surface area contributed by atoms with Crippen LogP contribution in [0.25, 0.3) is 5.69 Å². The minimum absolute atomic E-state index is 0.343. The highest BCUT2D eigenvalue weighted by Gasteiger charge is 2.26. The lowest BCUT2D eigenvalue weighted by Gasteiger charge is -2.23. The maximum Gasteiger partial charge on any atom is 0.151 e. The van der Waals surface area contributed by atoms with Gasteiger partial charge in [-0.3, -0.25) is 0 Å². The molecule has 1 saturated carbocycles. The van der Waals surface area contributed by atoms with Crippen LogP contribution in [0.1, 0.15) is 30.9 Å². The Morgan fingerprint density at radius 3 is 2.71 bits per heavy atom. The highest BCUT2D eigenvalue weighted by Crippen LogP contribution is 2.38. The summed E-state index contributed by atoms with van der Waals surface area (Å²) in [5.74, 6) is 0.514. The standard InChI is InChI=1S/C12H13FN4/c13-9-6-1-2-7-10(9)17-12(14)11(15-16-17)8-4-3-5-8/h1-2,6-8H,3-5,14H2. The first-order valence-electron chi connectivity index (χ1n) is 5.73. The number of nitrogens with zero attached hydrogens (tertiary/aromatic N) is 3. The molecule has 0 bridgehead atoms. The third kappa shape index (κ3) is 1.58. The molecule has 0 amide bonds. The SMILES string of the molecule is Nc1c(C2CCC2)nnn1-c1ccccc1F. The first kappa shape index (κ1) is 10.3. The minimum atomic E-state index is -0.343. The molecule has 1 aliphatic rings. The molecule has 1 aliphatic carbocycles. The Hall–Kier alpha value is -1.91. The van der Waals surface area contributed by atoms with E-state index in [9.17, 15) is 4.39 Å². The zero-order valence-electron chi connectivity index (χ0n) is 9.31. The lowest BCUT2D eigenvalue weighted by molar-refractivity contribution is 0.411. The van der Waals surface area contributed by atoms with Crippen molar-refractivity contribution in [3.63, 3.8) is 0 Å². The molecule has 0 saturated heterocycles. The van der Waals surface area contributed by atoms with Gasteiger partial charge in [-0.25, -0.2) is 4.39 Å². The molecule has 0 unspecified atom stereocenters. The maximum absolute atomic E-state index is 13.6. The van der Waals surface area contributed by atoms with Gasteiger partial charge in [-0.15, -0.1) is 5.10 Å². The van der Waals surface area contributed by atoms with Crippen molar-refractivity contribution in [2.75, 3.05) is 5.73 Å². The third-order valence-electron chi connectivity index (χ3n) is 3.31. The summed E-state index contributed by atoms with van der Waals surface area (Å²) < 4.78 is 15.0. The van der Waals surface area contributed by atoms with Gasteiger partial charge in [-0.1, -0.05) is 23.8 Å². The van der Waals surface area contributed by atoms with Crippen molar-refractivity contribution in [2.24, 2.45) is 0 Å². The monoisotopic (exact) mass is 232 g/mol. The number of nitrogen functional groups attached to an aromatic ring is 1. The maximum atomic E-state index is 13.6. The number of nitrogens with two attached hydrogens (primary N) is 1. The fraction of sp³-hybridized carbons (Fsp3) is 0.333. The Bertz CT molecular complexity index is 545. The van der Waals surface area contributed by atoms with Crippen molar-refractivity contribution >= 4 is 5.82 Å². The van der Waals surface area contributed by atoms with Crippen LogP contribution in [0.4, 0.5) is 10.2 Å². The largest absolute Gasteiger partial charge is 0.382 e. The molecule has 5 heteroatoms. The predicted molar refractivity (Wildman–Crippen MR) is 62.3 cm³/mol. The number of aromatic nitrogens is 3. The van der Waals surface area contributed by atoms with Crippen LogP contribution in [0.3, 0.4) is 0 Å². The van der Waals surface area contributed by atoms with Crippen LogP contribution >= 0.6 is 0 Å². The number of hydrogen-bond acceptors (Lipinski definition) is 3. The van der Waals surface area contributed by atoms with Crippen molar-refractivity contribution in [3.05, 3.63) is 35.8 Å². The predicted octanol–water partition coefficient (Wildman–Crippen LogP) is 2.26. The fourth-order valence-electron chi connectivity index (χ4n) is 2.07. The first-order valence-corrected chi connectivity index (χ1v) is 5.73. The van der Waals surface area contributed by atoms with Crippen molar-refractivity contribution in [3.8, 4) is 5.69 Å². The Morgan fingerprint density at radius 1 is 1.29 bits per heavy atom. The van der Waals surface area contributed by atoms with E-state index in [4.69, 9.17) is 5.73 Å². The number of hydrogen-bond donors (Lipinski definition) is 1. The van der Waals surface area contributed by atoms with E-state index < -0.39 is 0 Å². The highest BCUT2D eigenvalue weighted by molar-refractivity contribution is 5.46. The van der Waals surface area contributed by atoms with Crippen LogP contribution in [-0.4, -0.2) is 15.0 Å². The molecule has 0 spiro atoms. The Balaban J connectivity index is 2.04. The molecule has 88 valence electrons. The van der Waals surface area contributed by atoms with E-state index in [-0.39, 0.29) is 5.82 Å². The second-order valence-electron chi connectivity index (χ2n) is 4.35. The van der Waals surface area contributed by atoms with Gasteiger partial charge in [0, 0.05) is 5.92 Å². The number of anilines is 1. The lowest BCUT2D eigenvalue weighted by atomic mass is 9.83. The molecule has 0 aliphatic heterocycles. The minimum Gasteiger partial charge on any atom is -0.382 e. The lowest BCUT2D eigenvalue weighted by Crippen LogP contribution is -2.12. The summed E-state index contributed by atoms with van der Waals surface area (Å²) in [6, 6.07) is 6.42. The van der Waals surface area contributed by atoms with Gasteiger partial charge in [-0.2, -0.15) is 4.68 Å². The highest BCUT2D eigenvalue weighted by atomic mass is 19.1. The van der Waals surface area contributed by atoms with Crippen molar-refractivity contribution in [1.29, 1.82) is 0 Å². The van der Waals surface area contributed by atoms with Crippen LogP contribution < -0.4 is 5.73 Å². The molecule has 2 N–H and O–H groups in total. The average molecular weight is 232 g/mol. The van der Waals surface area contributed by atoms with Crippen LogP contribution in [0, 0.1) is 5.82 Å². The van der Waals surface area contributed by atoms with E-state index >= 15 is 0 Å². The first-order chi connectivity index (χ1) is 8.27. The summed E-state index contributed by atoms with van der Waals surface area (Å²) >= 11 is 0. The molecular formula is C12H13FN4. The van der Waals surface area contributed by atoms with Gasteiger partial charge in [0.2, 0.25) is 0 Å². The molecule has 1 heterocycles. The van der Waals surface area contributed by atoms with Crippen LogP contribution in [0.15, 0.2) is 24.3 Å². The van der Waals surface area contributed by atoms with Crippen molar-refractivity contribution in [1.82, 2.24) is 15.0 Å². The Morgan fingerprint density at radius 2 is 2.06 bits per heavy atom. The second-order valence-corrected chi connectivity index (χ2v) is 4.35. The summed E-state index contributed by atoms with van der Waals surface area (Å²) in [5, 5.41) is 8.03. The van der Waals surface area contributed by atoms with Gasteiger partial charge in [0.1, 0.15) is 17.2 Å². The molecule has 0 radical (unpaired) electrons. The van der Waals surface area contributed by atoms with Crippen molar-refractivity contribution in [2.45, 2.75) is 25.2 Å². The van der Waals surface area contributed by atoms with Crippen LogP contribution in [-0.2, 0) is 0 Å². The number of para-hydroxylation sites is 1. The quantitative estimate of drug-likeness (QED) is 0.864. The second kappa shape index (κ2) is 3.84. The summed E-state index contributed by atoms with van der Waals surface area (Å²) in [7, 11) is 0. The number of benzene rings is 1. The van der Waals surface area contributed by atoms with Gasteiger partial charge in [-0.05, 0) is 25.0 Å². The summed E-state index contributed by atoms with van der Waals surface area (Å²) in [5.41, 5.74) is 7.14. The molecule has 1 fully saturated rings. The average Bonchev–Trinajstić information content (AvgIpc) is 2.60. The van der Waals surface area contributed by atoms with Gasteiger partial charge in [0.15, 0.2) is 5.82 Å². The van der Waals surface area contributed by atoms with Crippen LogP contribution in [0.2, 0.25) is 0 Å². The molecule has 3 rings (SSSR count). The summed E-state index contributed by atoms with van der Waals surface area (Å²) in [6.45, 7) is 0. The molecule has 0 atom stereocenters. The van der Waals surface area contributed by atoms with Gasteiger partial charge >= 0.3 is 0 Å². The smallest absolute Gasteiger partial charge is 0.151 e. The van der Waals surface area contributed by atoms with E-state index in [0.717, 1.165) is 18.5 Å². The zero-order chi connectivity index (χ0) is 11.8. The van der Waals surface area contributed by atoms with Gasteiger partial charge in [0.05, 0.1) is 0 Å². The Kier molecular flexibility index (Phi) is 2.31. The van der Waals surface area contributed by atoms with Gasteiger partial charge < -0.3 is 5.73 Å². The van der Waals surface area contributed by atoms with E-state index in [1.165, 1.54) is 17.2 Å². The summed E-state index contributed by atoms with van der Waals surface area (Å²) in [4.78, 5) is 0. The van der Waals surface area contributed by atoms with E-state index in [1.54, 1.807) is 18.2 Å². The van der Waals surface area contributed by atoms with E-state index in [1.807, 2.05) is 0 Å². The molecule has 2 aromatic rings. The zero-order valence-corrected chi connectivity index (χ0v) is 9.31. The van der Waals surface area contributed by atoms with E-state index in [0.29, 0.717) is 17.4 Å². The van der Waals surface area contributed by atoms with Gasteiger partial charge in [0.25, 0.3) is 0 Å². The fourth-order valence-corrected chi connectivity index (χ4v) is 2.07. The number of halogens is 1. The van der Waals surface area contributed by atoms with Crippen molar-refractivity contribution < 1.29 is 4.39 Å². The molecule has 1 aromatic carbocycles.